The maximum atomic E-state index is 9.72. The highest BCUT2D eigenvalue weighted by atomic mass is 16.5. The molecule has 2 aromatic carbocycles. The van der Waals surface area contributed by atoms with Crippen LogP contribution in [0, 0.1) is 0 Å². The highest BCUT2D eigenvalue weighted by Crippen LogP contribution is 2.38. The van der Waals surface area contributed by atoms with Crippen LogP contribution in [0.5, 0.6) is 17.2 Å². The molecular weight excluding hydrogens is 356 g/mol. The summed E-state index contributed by atoms with van der Waals surface area (Å²) in [4.78, 5) is 2.05. The van der Waals surface area contributed by atoms with E-state index in [0.29, 0.717) is 17.2 Å². The first kappa shape index (κ1) is 19.8. The number of pyridine rings is 1. The number of benzene rings is 2. The topological polar surface area (TPSA) is 55.0 Å². The van der Waals surface area contributed by atoms with Gasteiger partial charge >= 0.3 is 0 Å². The van der Waals surface area contributed by atoms with E-state index < -0.39 is 0 Å². The van der Waals surface area contributed by atoms with Crippen molar-refractivity contribution in [3.63, 3.8) is 0 Å². The molecule has 0 amide bonds. The lowest BCUT2D eigenvalue weighted by atomic mass is 10.0. The molecule has 0 aliphatic rings. The minimum Gasteiger partial charge on any atom is -0.495 e. The van der Waals surface area contributed by atoms with Gasteiger partial charge in [0.2, 0.25) is 0 Å². The third-order valence-corrected chi connectivity index (χ3v) is 4.94. The number of hydrogen-bond acceptors (Lipinski definition) is 5. The van der Waals surface area contributed by atoms with Crippen LogP contribution < -0.4 is 23.7 Å². The number of ether oxygens (including phenoxy) is 3. The van der Waals surface area contributed by atoms with Gasteiger partial charge in [0.25, 0.3) is 5.82 Å². The van der Waals surface area contributed by atoms with E-state index in [2.05, 4.69) is 15.5 Å². The summed E-state index contributed by atoms with van der Waals surface area (Å²) >= 11 is 0. The number of fused-ring (bicyclic) bond motifs is 1. The molecule has 1 heterocycles. The molecule has 0 fully saturated rings. The fraction of sp³-hybridized carbons (Fsp3) is 0.318. The lowest BCUT2D eigenvalue weighted by Crippen LogP contribution is -2.38. The predicted molar refractivity (Wildman–Crippen MR) is 110 cm³/mol. The Bertz CT molecular complexity index is 1020. The molecule has 6 heteroatoms. The second kappa shape index (κ2) is 7.94. The van der Waals surface area contributed by atoms with Crippen molar-refractivity contribution in [2.75, 3.05) is 40.3 Å². The summed E-state index contributed by atoms with van der Waals surface area (Å²) in [6.45, 7) is -0.0763. The molecule has 1 aromatic heterocycles. The van der Waals surface area contributed by atoms with E-state index in [4.69, 9.17) is 14.2 Å². The van der Waals surface area contributed by atoms with Gasteiger partial charge in [0.05, 0.1) is 49.1 Å². The predicted octanol–water partition coefficient (Wildman–Crippen LogP) is 2.92. The Balaban J connectivity index is 2.36. The molecule has 6 nitrogen and oxygen atoms in total. The fourth-order valence-corrected chi connectivity index (χ4v) is 3.67. The average Bonchev–Trinajstić information content (AvgIpc) is 2.71. The summed E-state index contributed by atoms with van der Waals surface area (Å²) in [5.74, 6) is 3.05. The summed E-state index contributed by atoms with van der Waals surface area (Å²) in [5.41, 5.74) is 2.79. The van der Waals surface area contributed by atoms with E-state index in [0.717, 1.165) is 33.4 Å². The van der Waals surface area contributed by atoms with E-state index in [9.17, 15) is 5.11 Å². The Labute approximate surface area is 165 Å². The molecule has 0 aliphatic carbocycles. The van der Waals surface area contributed by atoms with E-state index in [1.807, 2.05) is 51.5 Å². The molecule has 0 saturated heterocycles. The molecule has 1 N–H and O–H groups in total. The lowest BCUT2D eigenvalue weighted by Gasteiger charge is -2.19. The largest absolute Gasteiger partial charge is 0.495 e. The first-order valence-corrected chi connectivity index (χ1v) is 9.00. The van der Waals surface area contributed by atoms with Crippen LogP contribution in [-0.2, 0) is 13.7 Å². The van der Waals surface area contributed by atoms with E-state index in [-0.39, 0.29) is 6.61 Å². The molecule has 0 spiro atoms. The van der Waals surface area contributed by atoms with Crippen molar-refractivity contribution in [3.8, 4) is 28.5 Å². The first-order chi connectivity index (χ1) is 13.5. The summed E-state index contributed by atoms with van der Waals surface area (Å²) in [6, 6.07) is 11.9. The second-order valence-electron chi connectivity index (χ2n) is 6.76. The maximum absolute atomic E-state index is 9.72. The van der Waals surface area contributed by atoms with Crippen LogP contribution in [0.3, 0.4) is 0 Å². The Hall–Kier alpha value is -2.99. The maximum Gasteiger partial charge on any atom is 0.288 e. The number of methoxy groups -OCH3 is 3. The number of rotatable bonds is 6. The van der Waals surface area contributed by atoms with Gasteiger partial charge in [-0.3, -0.25) is 4.90 Å². The van der Waals surface area contributed by atoms with Crippen molar-refractivity contribution in [2.45, 2.75) is 6.61 Å². The van der Waals surface area contributed by atoms with Gasteiger partial charge in [-0.15, -0.1) is 0 Å². The zero-order chi connectivity index (χ0) is 20.4. The number of aliphatic hydroxyl groups is 1. The normalized spacial score (nSPS) is 10.8. The molecule has 3 rings (SSSR count). The quantitative estimate of drug-likeness (QED) is 0.664. The van der Waals surface area contributed by atoms with Crippen LogP contribution in [0.1, 0.15) is 5.56 Å². The molecule has 3 aromatic rings. The van der Waals surface area contributed by atoms with Crippen LogP contribution in [0.25, 0.3) is 22.0 Å². The number of anilines is 1. The fourth-order valence-electron chi connectivity index (χ4n) is 3.67. The van der Waals surface area contributed by atoms with Gasteiger partial charge in [-0.1, -0.05) is 12.1 Å². The van der Waals surface area contributed by atoms with Crippen LogP contribution in [0.15, 0.2) is 36.4 Å². The zero-order valence-corrected chi connectivity index (χ0v) is 17.2. The Kier molecular flexibility index (Phi) is 5.61. The standard InChI is InChI=1S/C22H27N2O4/c1-23(2)22-20-15(7-8-16(13-25)21(20)28-6)11-17(24(22)3)14-9-10-18(26-4)19(12-14)27-5/h7-12,25H,13H2,1-6H3/q+1. The minimum atomic E-state index is -0.0763. The van der Waals surface area contributed by atoms with Crippen molar-refractivity contribution in [2.24, 2.45) is 7.05 Å². The van der Waals surface area contributed by atoms with Crippen molar-refractivity contribution >= 4 is 16.6 Å². The van der Waals surface area contributed by atoms with Gasteiger partial charge in [0.15, 0.2) is 11.5 Å². The summed E-state index contributed by atoms with van der Waals surface area (Å²) < 4.78 is 18.6. The molecule has 0 radical (unpaired) electrons. The molecule has 0 unspecified atom stereocenters. The Morgan fingerprint density at radius 1 is 0.929 bits per heavy atom. The second-order valence-corrected chi connectivity index (χ2v) is 6.76. The molecule has 28 heavy (non-hydrogen) atoms. The average molecular weight is 383 g/mol. The monoisotopic (exact) mass is 383 g/mol. The molecule has 148 valence electrons. The Morgan fingerprint density at radius 3 is 2.21 bits per heavy atom. The van der Waals surface area contributed by atoms with Gasteiger partial charge in [0, 0.05) is 11.1 Å². The van der Waals surface area contributed by atoms with Gasteiger partial charge in [-0.2, -0.15) is 0 Å². The number of aromatic nitrogens is 1. The van der Waals surface area contributed by atoms with Gasteiger partial charge < -0.3 is 19.3 Å². The number of aliphatic hydroxyl groups excluding tert-OH is 1. The molecular formula is C22H27N2O4+. The van der Waals surface area contributed by atoms with Crippen molar-refractivity contribution in [1.29, 1.82) is 0 Å². The van der Waals surface area contributed by atoms with Gasteiger partial charge in [-0.05, 0) is 29.7 Å². The molecule has 0 saturated carbocycles. The van der Waals surface area contributed by atoms with Crippen molar-refractivity contribution in [1.82, 2.24) is 0 Å². The molecule has 0 atom stereocenters. The summed E-state index contributed by atoms with van der Waals surface area (Å²) in [6.07, 6.45) is 0. The van der Waals surface area contributed by atoms with E-state index in [1.54, 1.807) is 21.3 Å². The van der Waals surface area contributed by atoms with E-state index in [1.165, 1.54) is 0 Å². The zero-order valence-electron chi connectivity index (χ0n) is 17.2. The summed E-state index contributed by atoms with van der Waals surface area (Å²) in [5, 5.41) is 11.7. The lowest BCUT2D eigenvalue weighted by molar-refractivity contribution is -0.646. The third-order valence-electron chi connectivity index (χ3n) is 4.94. The van der Waals surface area contributed by atoms with Gasteiger partial charge in [-0.25, -0.2) is 4.57 Å². The minimum absolute atomic E-state index is 0.0763. The molecule has 0 bridgehead atoms. The number of hydrogen-bond donors (Lipinski definition) is 1. The van der Waals surface area contributed by atoms with Crippen LogP contribution in [0.2, 0.25) is 0 Å². The van der Waals surface area contributed by atoms with Gasteiger partial charge in [0.1, 0.15) is 16.8 Å². The smallest absolute Gasteiger partial charge is 0.288 e. The third kappa shape index (κ3) is 3.20. The first-order valence-electron chi connectivity index (χ1n) is 9.00. The molecule has 0 aliphatic heterocycles. The van der Waals surface area contributed by atoms with Crippen LogP contribution >= 0.6 is 0 Å². The SMILES string of the molecule is COc1ccc(-c2cc3ccc(CO)c(OC)c3c(N(C)C)[n+]2C)cc1OC. The van der Waals surface area contributed by atoms with Crippen molar-refractivity contribution < 1.29 is 23.9 Å². The Morgan fingerprint density at radius 2 is 1.64 bits per heavy atom. The summed E-state index contributed by atoms with van der Waals surface area (Å²) in [7, 11) is 10.9. The van der Waals surface area contributed by atoms with E-state index >= 15 is 0 Å². The highest BCUT2D eigenvalue weighted by molar-refractivity contribution is 5.98. The van der Waals surface area contributed by atoms with Crippen molar-refractivity contribution in [3.05, 3.63) is 42.0 Å². The number of nitrogens with zero attached hydrogens (tertiary/aromatic N) is 2. The van der Waals surface area contributed by atoms with Crippen LogP contribution in [0.4, 0.5) is 5.82 Å². The highest BCUT2D eigenvalue weighted by Gasteiger charge is 2.24. The van der Waals surface area contributed by atoms with Crippen LogP contribution in [-0.4, -0.2) is 40.5 Å².